The molecule has 0 bridgehead atoms. The molecule has 3 rings (SSSR count). The van der Waals surface area contributed by atoms with Gasteiger partial charge >= 0.3 is 0 Å². The summed E-state index contributed by atoms with van der Waals surface area (Å²) >= 11 is 1.66. The lowest BCUT2D eigenvalue weighted by Gasteiger charge is -2.32. The van der Waals surface area contributed by atoms with Gasteiger partial charge in [-0.3, -0.25) is 9.59 Å². The van der Waals surface area contributed by atoms with Gasteiger partial charge in [-0.2, -0.15) is 0 Å². The highest BCUT2D eigenvalue weighted by molar-refractivity contribution is 7.99. The first-order chi connectivity index (χ1) is 16.6. The molecule has 0 saturated heterocycles. The predicted molar refractivity (Wildman–Crippen MR) is 141 cm³/mol. The van der Waals surface area contributed by atoms with Gasteiger partial charge in [0.25, 0.3) is 0 Å². The summed E-state index contributed by atoms with van der Waals surface area (Å²) in [5, 5.41) is 3.11. The Hall–Kier alpha value is -3.05. The van der Waals surface area contributed by atoms with Crippen molar-refractivity contribution < 1.29 is 9.59 Å². The molecule has 2 amide bonds. The van der Waals surface area contributed by atoms with Crippen LogP contribution < -0.4 is 5.32 Å². The van der Waals surface area contributed by atoms with Crippen molar-refractivity contribution in [3.05, 3.63) is 102 Å². The third-order valence-corrected chi connectivity index (χ3v) is 6.81. The largest absolute Gasteiger partial charge is 0.352 e. The molecule has 0 fully saturated rings. The lowest BCUT2D eigenvalue weighted by Crippen LogP contribution is -2.52. The molecule has 34 heavy (non-hydrogen) atoms. The average molecular weight is 475 g/mol. The number of hydrogen-bond acceptors (Lipinski definition) is 3. The van der Waals surface area contributed by atoms with E-state index >= 15 is 0 Å². The van der Waals surface area contributed by atoms with Crippen LogP contribution in [0.15, 0.2) is 95.9 Å². The Bertz CT molecular complexity index is 1010. The Labute approximate surface area is 207 Å². The van der Waals surface area contributed by atoms with Gasteiger partial charge < -0.3 is 10.2 Å². The fourth-order valence-electron chi connectivity index (χ4n) is 3.69. The topological polar surface area (TPSA) is 49.4 Å². The first-order valence-corrected chi connectivity index (χ1v) is 12.9. The van der Waals surface area contributed by atoms with Crippen molar-refractivity contribution in [3.63, 3.8) is 0 Å². The number of carbonyl (C=O) groups is 2. The Kier molecular flexibility index (Phi) is 10.2. The second-order valence-corrected chi connectivity index (χ2v) is 9.61. The van der Waals surface area contributed by atoms with Crippen LogP contribution in [-0.2, 0) is 22.6 Å². The lowest BCUT2D eigenvalue weighted by molar-refractivity contribution is -0.141. The molecule has 178 valence electrons. The normalized spacial score (nSPS) is 12.5. The van der Waals surface area contributed by atoms with Crippen molar-refractivity contribution in [2.75, 3.05) is 5.75 Å². The summed E-state index contributed by atoms with van der Waals surface area (Å²) in [5.41, 5.74) is 2.05. The van der Waals surface area contributed by atoms with Crippen LogP contribution in [-0.4, -0.2) is 34.6 Å². The Morgan fingerprint density at radius 1 is 0.853 bits per heavy atom. The van der Waals surface area contributed by atoms with E-state index in [-0.39, 0.29) is 17.9 Å². The van der Waals surface area contributed by atoms with Crippen molar-refractivity contribution in [3.8, 4) is 0 Å². The molecule has 3 aromatic carbocycles. The maximum atomic E-state index is 13.6. The first kappa shape index (κ1) is 25.6. The zero-order chi connectivity index (χ0) is 24.2. The van der Waals surface area contributed by atoms with E-state index in [1.165, 1.54) is 0 Å². The van der Waals surface area contributed by atoms with Crippen LogP contribution in [0.4, 0.5) is 0 Å². The van der Waals surface area contributed by atoms with E-state index in [9.17, 15) is 9.59 Å². The summed E-state index contributed by atoms with van der Waals surface area (Å²) in [7, 11) is 0. The third kappa shape index (κ3) is 8.07. The number of thioether (sulfide) groups is 1. The minimum absolute atomic E-state index is 0.00693. The quantitative estimate of drug-likeness (QED) is 0.341. The molecule has 0 saturated carbocycles. The second-order valence-electron chi connectivity index (χ2n) is 8.44. The summed E-state index contributed by atoms with van der Waals surface area (Å²) < 4.78 is 0. The molecule has 4 nitrogen and oxygen atoms in total. The highest BCUT2D eigenvalue weighted by atomic mass is 32.2. The Morgan fingerprint density at radius 3 is 2.00 bits per heavy atom. The van der Waals surface area contributed by atoms with Gasteiger partial charge in [0.05, 0.1) is 0 Å². The van der Waals surface area contributed by atoms with E-state index in [0.717, 1.165) is 22.4 Å². The van der Waals surface area contributed by atoms with E-state index < -0.39 is 6.04 Å². The minimum atomic E-state index is -0.578. The molecule has 0 aliphatic carbocycles. The zero-order valence-corrected chi connectivity index (χ0v) is 20.8. The van der Waals surface area contributed by atoms with Gasteiger partial charge in [-0.25, -0.2) is 0 Å². The number of amides is 2. The Morgan fingerprint density at radius 2 is 1.41 bits per heavy atom. The van der Waals surface area contributed by atoms with E-state index in [4.69, 9.17) is 0 Å². The van der Waals surface area contributed by atoms with Crippen LogP contribution in [0.25, 0.3) is 0 Å². The summed E-state index contributed by atoms with van der Waals surface area (Å²) in [6.45, 7) is 4.45. The molecule has 0 aliphatic rings. The zero-order valence-electron chi connectivity index (χ0n) is 20.0. The summed E-state index contributed by atoms with van der Waals surface area (Å²) in [6.07, 6.45) is 1.69. The predicted octanol–water partition coefficient (Wildman–Crippen LogP) is 5.72. The van der Waals surface area contributed by atoms with Gasteiger partial charge in [0.1, 0.15) is 6.04 Å². The SMILES string of the molecule is CC[C@@H](C)NC(=O)[C@@H](Cc1ccccc1)N(Cc1ccccc1)C(=O)CCSc1ccccc1. The monoisotopic (exact) mass is 474 g/mol. The van der Waals surface area contributed by atoms with Gasteiger partial charge in [0.15, 0.2) is 0 Å². The number of rotatable bonds is 12. The Balaban J connectivity index is 1.83. The molecule has 0 radical (unpaired) electrons. The molecule has 3 aromatic rings. The molecular weight excluding hydrogens is 440 g/mol. The van der Waals surface area contributed by atoms with Gasteiger partial charge in [-0.15, -0.1) is 11.8 Å². The highest BCUT2D eigenvalue weighted by Gasteiger charge is 2.30. The van der Waals surface area contributed by atoms with E-state index in [1.807, 2.05) is 92.7 Å². The molecular formula is C29H34N2O2S. The highest BCUT2D eigenvalue weighted by Crippen LogP contribution is 2.21. The molecule has 0 unspecified atom stereocenters. The van der Waals surface area contributed by atoms with Crippen LogP contribution in [0.2, 0.25) is 0 Å². The molecule has 0 heterocycles. The number of carbonyl (C=O) groups excluding carboxylic acids is 2. The third-order valence-electron chi connectivity index (χ3n) is 5.80. The smallest absolute Gasteiger partial charge is 0.243 e. The first-order valence-electron chi connectivity index (χ1n) is 11.9. The minimum Gasteiger partial charge on any atom is -0.352 e. The van der Waals surface area contributed by atoms with Gasteiger partial charge in [0, 0.05) is 36.1 Å². The summed E-state index contributed by atoms with van der Waals surface area (Å²) in [4.78, 5) is 29.9. The number of nitrogens with one attached hydrogen (secondary N) is 1. The van der Waals surface area contributed by atoms with Crippen LogP contribution in [0.1, 0.15) is 37.8 Å². The molecule has 0 aliphatic heterocycles. The fraction of sp³-hybridized carbons (Fsp3) is 0.310. The van der Waals surface area contributed by atoms with Crippen molar-refractivity contribution >= 4 is 23.6 Å². The molecule has 0 aromatic heterocycles. The second kappa shape index (κ2) is 13.6. The van der Waals surface area contributed by atoms with E-state index in [1.54, 1.807) is 16.7 Å². The van der Waals surface area contributed by atoms with E-state index in [0.29, 0.717) is 25.1 Å². The molecule has 5 heteroatoms. The summed E-state index contributed by atoms with van der Waals surface area (Å²) in [5.74, 6) is 0.560. The van der Waals surface area contributed by atoms with Crippen LogP contribution in [0.3, 0.4) is 0 Å². The maximum absolute atomic E-state index is 13.6. The van der Waals surface area contributed by atoms with Gasteiger partial charge in [-0.05, 0) is 36.6 Å². The molecule has 1 N–H and O–H groups in total. The lowest BCUT2D eigenvalue weighted by atomic mass is 10.0. The van der Waals surface area contributed by atoms with Crippen LogP contribution in [0.5, 0.6) is 0 Å². The van der Waals surface area contributed by atoms with Crippen molar-refractivity contribution in [1.82, 2.24) is 10.2 Å². The number of nitrogens with zero attached hydrogens (tertiary/aromatic N) is 1. The van der Waals surface area contributed by atoms with Crippen molar-refractivity contribution in [2.24, 2.45) is 0 Å². The average Bonchev–Trinajstić information content (AvgIpc) is 2.87. The number of benzene rings is 3. The standard InChI is InChI=1S/C29H34N2O2S/c1-3-23(2)30-29(33)27(21-24-13-7-4-8-14-24)31(22-25-15-9-5-10-16-25)28(32)19-20-34-26-17-11-6-12-18-26/h4-18,23,27H,3,19-22H2,1-2H3,(H,30,33)/t23-,27-/m1/s1. The van der Waals surface area contributed by atoms with Gasteiger partial charge in [0.2, 0.25) is 11.8 Å². The van der Waals surface area contributed by atoms with E-state index in [2.05, 4.69) is 17.4 Å². The van der Waals surface area contributed by atoms with Crippen molar-refractivity contribution in [2.45, 2.75) is 56.6 Å². The maximum Gasteiger partial charge on any atom is 0.243 e. The summed E-state index contributed by atoms with van der Waals surface area (Å²) in [6, 6.07) is 29.4. The van der Waals surface area contributed by atoms with Crippen LogP contribution in [0, 0.1) is 0 Å². The molecule has 2 atom stereocenters. The fourth-order valence-corrected chi connectivity index (χ4v) is 4.55. The van der Waals surface area contributed by atoms with Crippen molar-refractivity contribution in [1.29, 1.82) is 0 Å². The number of hydrogen-bond donors (Lipinski definition) is 1. The molecule has 0 spiro atoms. The van der Waals surface area contributed by atoms with Gasteiger partial charge in [-0.1, -0.05) is 85.8 Å². The van der Waals surface area contributed by atoms with Crippen LogP contribution >= 0.6 is 11.8 Å².